The van der Waals surface area contributed by atoms with Crippen molar-refractivity contribution in [3.8, 4) is 5.88 Å². The summed E-state index contributed by atoms with van der Waals surface area (Å²) in [7, 11) is 5.49. The summed E-state index contributed by atoms with van der Waals surface area (Å²) in [5.74, 6) is -0.0701. The summed E-state index contributed by atoms with van der Waals surface area (Å²) in [5.41, 5.74) is -0.0256. The van der Waals surface area contributed by atoms with E-state index in [9.17, 15) is 18.0 Å². The Kier molecular flexibility index (Phi) is 8.19. The molecule has 1 unspecified atom stereocenters. The van der Waals surface area contributed by atoms with Crippen LogP contribution in [0.5, 0.6) is 5.88 Å². The molecule has 1 aliphatic rings. The van der Waals surface area contributed by atoms with Gasteiger partial charge < -0.3 is 30.5 Å². The van der Waals surface area contributed by atoms with Gasteiger partial charge in [-0.25, -0.2) is 4.98 Å². The number of carbonyl (C=O) groups is 1. The van der Waals surface area contributed by atoms with E-state index < -0.39 is 23.5 Å². The first-order valence-corrected chi connectivity index (χ1v) is 12.1. The number of hydrogen-bond donors (Lipinski definition) is 3. The summed E-state index contributed by atoms with van der Waals surface area (Å²) < 4.78 is 46.7. The zero-order valence-corrected chi connectivity index (χ0v) is 21.7. The smallest absolute Gasteiger partial charge is 0.421 e. The summed E-state index contributed by atoms with van der Waals surface area (Å²) >= 11 is 0. The number of hydrogen-bond acceptors (Lipinski definition) is 9. The lowest BCUT2D eigenvalue weighted by atomic mass is 10.2. The highest BCUT2D eigenvalue weighted by atomic mass is 19.4. The van der Waals surface area contributed by atoms with Crippen LogP contribution in [0.1, 0.15) is 12.0 Å². The van der Waals surface area contributed by atoms with Gasteiger partial charge >= 0.3 is 6.18 Å². The number of likely N-dealkylation sites (N-methyl/N-ethyl adjacent to an activating group) is 2. The quantitative estimate of drug-likeness (QED) is 0.333. The van der Waals surface area contributed by atoms with Crippen molar-refractivity contribution in [3.63, 3.8) is 0 Å². The highest BCUT2D eigenvalue weighted by Crippen LogP contribution is 2.36. The monoisotopic (exact) mass is 542 g/mol. The van der Waals surface area contributed by atoms with Crippen LogP contribution in [0.25, 0.3) is 0 Å². The van der Waals surface area contributed by atoms with E-state index in [1.807, 2.05) is 7.05 Å². The summed E-state index contributed by atoms with van der Waals surface area (Å²) in [5, 5.41) is 8.14. The van der Waals surface area contributed by atoms with Crippen molar-refractivity contribution in [1.82, 2.24) is 19.9 Å². The number of nitrogens with zero attached hydrogens (tertiary/aromatic N) is 5. The van der Waals surface area contributed by atoms with Crippen LogP contribution < -0.4 is 25.6 Å². The molecular weight excluding hydrogens is 513 g/mol. The molecule has 3 heterocycles. The van der Waals surface area contributed by atoms with Crippen LogP contribution in [0.3, 0.4) is 0 Å². The molecule has 0 bridgehead atoms. The summed E-state index contributed by atoms with van der Waals surface area (Å²) in [6, 6.07) is 10.0. The molecule has 206 valence electrons. The summed E-state index contributed by atoms with van der Waals surface area (Å²) in [6.07, 6.45) is -1.92. The van der Waals surface area contributed by atoms with Crippen LogP contribution in [-0.2, 0) is 11.0 Å². The Labute approximate surface area is 223 Å². The SMILES string of the molecule is C=CC(=O)Nc1cccc(Nc2nc(Nc3ccc(N(C)C4CCN(C)C4)nc3OC)ncc2C(F)(F)F)c1. The molecule has 2 aromatic heterocycles. The van der Waals surface area contributed by atoms with Gasteiger partial charge in [-0.15, -0.1) is 0 Å². The fourth-order valence-electron chi connectivity index (χ4n) is 4.16. The number of likely N-dealkylation sites (tertiary alicyclic amines) is 1. The molecule has 10 nitrogen and oxygen atoms in total. The lowest BCUT2D eigenvalue weighted by Crippen LogP contribution is -2.34. The molecule has 39 heavy (non-hydrogen) atoms. The molecule has 0 aliphatic carbocycles. The number of nitrogens with one attached hydrogen (secondary N) is 3. The number of ether oxygens (including phenoxy) is 1. The molecule has 1 fully saturated rings. The maximum atomic E-state index is 13.8. The molecule has 0 saturated carbocycles. The van der Waals surface area contributed by atoms with Gasteiger partial charge in [0, 0.05) is 37.2 Å². The van der Waals surface area contributed by atoms with Crippen molar-refractivity contribution in [2.24, 2.45) is 0 Å². The van der Waals surface area contributed by atoms with Gasteiger partial charge in [0.05, 0.1) is 7.11 Å². The number of benzene rings is 1. The Bertz CT molecular complexity index is 1350. The second kappa shape index (κ2) is 11.6. The molecule has 4 rings (SSSR count). The van der Waals surface area contributed by atoms with Gasteiger partial charge in [-0.05, 0) is 56.4 Å². The molecule has 1 atom stereocenters. The van der Waals surface area contributed by atoms with Gasteiger partial charge in [-0.2, -0.15) is 23.1 Å². The second-order valence-electron chi connectivity index (χ2n) is 9.02. The summed E-state index contributed by atoms with van der Waals surface area (Å²) in [4.78, 5) is 28.4. The van der Waals surface area contributed by atoms with Crippen molar-refractivity contribution in [3.05, 3.63) is 60.8 Å². The van der Waals surface area contributed by atoms with E-state index in [-0.39, 0.29) is 17.5 Å². The Hall–Kier alpha value is -4.39. The Morgan fingerprint density at radius 1 is 1.21 bits per heavy atom. The molecule has 3 N–H and O–H groups in total. The maximum absolute atomic E-state index is 13.8. The lowest BCUT2D eigenvalue weighted by Gasteiger charge is -2.26. The normalized spacial score (nSPS) is 15.5. The number of carbonyl (C=O) groups excluding carboxylic acids is 1. The van der Waals surface area contributed by atoms with Crippen LogP contribution in [0.15, 0.2) is 55.3 Å². The second-order valence-corrected chi connectivity index (χ2v) is 9.02. The molecule has 1 aliphatic heterocycles. The largest absolute Gasteiger partial charge is 0.479 e. The average Bonchev–Trinajstić information content (AvgIpc) is 3.34. The first-order chi connectivity index (χ1) is 18.6. The maximum Gasteiger partial charge on any atom is 0.421 e. The third-order valence-corrected chi connectivity index (χ3v) is 6.23. The van der Waals surface area contributed by atoms with Crippen LogP contribution in [-0.4, -0.2) is 66.1 Å². The number of halogens is 3. The molecule has 3 aromatic rings. The fraction of sp³-hybridized carbons (Fsp3) is 0.308. The molecule has 1 saturated heterocycles. The Morgan fingerprint density at radius 2 is 1.97 bits per heavy atom. The van der Waals surface area contributed by atoms with Crippen LogP contribution >= 0.6 is 0 Å². The molecular formula is C26H29F3N8O2. The molecule has 0 spiro atoms. The van der Waals surface area contributed by atoms with Gasteiger partial charge in [-0.3, -0.25) is 4.79 Å². The molecule has 1 aromatic carbocycles. The third kappa shape index (κ3) is 6.74. The van der Waals surface area contributed by atoms with Crippen molar-refractivity contribution >= 4 is 40.6 Å². The van der Waals surface area contributed by atoms with Crippen molar-refractivity contribution in [2.75, 3.05) is 55.1 Å². The Morgan fingerprint density at radius 3 is 2.64 bits per heavy atom. The molecule has 1 amide bonds. The minimum Gasteiger partial charge on any atom is -0.479 e. The average molecular weight is 543 g/mol. The highest BCUT2D eigenvalue weighted by molar-refractivity contribution is 5.99. The van der Waals surface area contributed by atoms with E-state index in [0.717, 1.165) is 25.6 Å². The number of amides is 1. The zero-order valence-electron chi connectivity index (χ0n) is 21.7. The van der Waals surface area contributed by atoms with Crippen molar-refractivity contribution in [1.29, 1.82) is 0 Å². The highest BCUT2D eigenvalue weighted by Gasteiger charge is 2.35. The minimum absolute atomic E-state index is 0.0970. The van der Waals surface area contributed by atoms with E-state index >= 15 is 0 Å². The van der Waals surface area contributed by atoms with Gasteiger partial charge in [0.2, 0.25) is 17.7 Å². The van der Waals surface area contributed by atoms with Crippen LogP contribution in [0.2, 0.25) is 0 Å². The van der Waals surface area contributed by atoms with Crippen molar-refractivity contribution in [2.45, 2.75) is 18.6 Å². The third-order valence-electron chi connectivity index (χ3n) is 6.23. The predicted molar refractivity (Wildman–Crippen MR) is 144 cm³/mol. The Balaban J connectivity index is 1.59. The number of aromatic nitrogens is 3. The van der Waals surface area contributed by atoms with E-state index in [1.165, 1.54) is 13.2 Å². The number of pyridine rings is 1. The van der Waals surface area contributed by atoms with Crippen LogP contribution in [0, 0.1) is 0 Å². The van der Waals surface area contributed by atoms with Gasteiger partial charge in [0.15, 0.2) is 0 Å². The van der Waals surface area contributed by atoms with E-state index in [4.69, 9.17) is 4.74 Å². The number of rotatable bonds is 9. The van der Waals surface area contributed by atoms with E-state index in [0.29, 0.717) is 29.4 Å². The lowest BCUT2D eigenvalue weighted by molar-refractivity contribution is -0.137. The topological polar surface area (TPSA) is 108 Å². The molecule has 13 heteroatoms. The van der Waals surface area contributed by atoms with Gasteiger partial charge in [0.25, 0.3) is 0 Å². The first-order valence-electron chi connectivity index (χ1n) is 12.1. The fourth-order valence-corrected chi connectivity index (χ4v) is 4.16. The zero-order chi connectivity index (χ0) is 28.2. The number of alkyl halides is 3. The minimum atomic E-state index is -4.71. The standard InChI is InChI=1S/C26H29F3N8O2/c1-5-22(38)31-16-7-6-8-17(13-16)32-23-19(26(27,28)29)14-30-25(35-23)33-20-9-10-21(34-24(20)39-4)37(3)18-11-12-36(2)15-18/h5-10,13-14,18H,1,11-12,15H2,2-4H3,(H,31,38)(H2,30,32,33,35). The number of anilines is 6. The van der Waals surface area contributed by atoms with Crippen LogP contribution in [0.4, 0.5) is 47.8 Å². The van der Waals surface area contributed by atoms with E-state index in [2.05, 4.69) is 54.3 Å². The van der Waals surface area contributed by atoms with Crippen molar-refractivity contribution < 1.29 is 22.7 Å². The van der Waals surface area contributed by atoms with Gasteiger partial charge in [-0.1, -0.05) is 12.6 Å². The van der Waals surface area contributed by atoms with Gasteiger partial charge in [0.1, 0.15) is 22.9 Å². The van der Waals surface area contributed by atoms with E-state index in [1.54, 1.807) is 30.3 Å². The first kappa shape index (κ1) is 27.6. The molecule has 0 radical (unpaired) electrons. The summed E-state index contributed by atoms with van der Waals surface area (Å²) in [6.45, 7) is 5.30. The predicted octanol–water partition coefficient (Wildman–Crippen LogP) is 4.65. The number of methoxy groups -OCH3 is 1.